The second kappa shape index (κ2) is 6.95. The van der Waals surface area contributed by atoms with Gasteiger partial charge in [-0.15, -0.1) is 5.10 Å². The Balaban J connectivity index is 1.66. The lowest BCUT2D eigenvalue weighted by molar-refractivity contribution is 0.0943. The second-order valence-electron chi connectivity index (χ2n) is 5.20. The molecule has 3 aromatic rings. The molecule has 0 aliphatic rings. The zero-order valence-corrected chi connectivity index (χ0v) is 13.4. The molecule has 1 amide bonds. The summed E-state index contributed by atoms with van der Waals surface area (Å²) in [5.74, 6) is 2.30. The Morgan fingerprint density at radius 1 is 1.29 bits per heavy atom. The molecule has 0 fully saturated rings. The highest BCUT2D eigenvalue weighted by Crippen LogP contribution is 2.19. The summed E-state index contributed by atoms with van der Waals surface area (Å²) < 4.78 is 12.6. The molecule has 1 aromatic carbocycles. The summed E-state index contributed by atoms with van der Waals surface area (Å²) in [6.45, 7) is 2.34. The van der Waals surface area contributed by atoms with Crippen molar-refractivity contribution < 1.29 is 13.9 Å². The molecule has 0 radical (unpaired) electrons. The van der Waals surface area contributed by atoms with Crippen LogP contribution in [0.3, 0.4) is 0 Å². The van der Waals surface area contributed by atoms with Crippen molar-refractivity contribution in [1.82, 2.24) is 25.5 Å². The Hall–Kier alpha value is -3.16. The van der Waals surface area contributed by atoms with Crippen LogP contribution in [-0.4, -0.2) is 26.1 Å². The predicted molar refractivity (Wildman–Crippen MR) is 84.2 cm³/mol. The third kappa shape index (κ3) is 3.60. The molecule has 1 N–H and O–H groups in total. The van der Waals surface area contributed by atoms with Crippen molar-refractivity contribution in [2.24, 2.45) is 7.05 Å². The van der Waals surface area contributed by atoms with Crippen LogP contribution >= 0.6 is 0 Å². The number of nitrogens with one attached hydrogen (secondary N) is 1. The number of aryl methyl sites for hydroxylation is 2. The summed E-state index contributed by atoms with van der Waals surface area (Å²) in [6.07, 6.45) is 0. The minimum absolute atomic E-state index is 0.172. The molecule has 0 spiro atoms. The first kappa shape index (κ1) is 15.7. The summed E-state index contributed by atoms with van der Waals surface area (Å²) in [4.78, 5) is 12.4. The van der Waals surface area contributed by atoms with E-state index in [1.54, 1.807) is 31.3 Å². The lowest BCUT2D eigenvalue weighted by Gasteiger charge is -2.10. The normalized spacial score (nSPS) is 10.6. The highest BCUT2D eigenvalue weighted by molar-refractivity contribution is 5.96. The minimum Gasteiger partial charge on any atom is -0.485 e. The highest BCUT2D eigenvalue weighted by atomic mass is 16.5. The number of hydrogen-bond acceptors (Lipinski definition) is 6. The van der Waals surface area contributed by atoms with Crippen molar-refractivity contribution in [2.45, 2.75) is 20.1 Å². The lowest BCUT2D eigenvalue weighted by Crippen LogP contribution is -2.23. The Kier molecular flexibility index (Phi) is 4.55. The number of amides is 1. The first-order valence-corrected chi connectivity index (χ1v) is 7.40. The number of carbonyl (C=O) groups excluding carboxylic acids is 1. The van der Waals surface area contributed by atoms with Crippen molar-refractivity contribution in [3.8, 4) is 5.75 Å². The van der Waals surface area contributed by atoms with E-state index in [9.17, 15) is 4.79 Å². The van der Waals surface area contributed by atoms with Gasteiger partial charge in [0.1, 0.15) is 23.9 Å². The van der Waals surface area contributed by atoms with Crippen molar-refractivity contribution in [1.29, 1.82) is 0 Å². The summed E-state index contributed by atoms with van der Waals surface area (Å²) in [5, 5.41) is 13.9. The van der Waals surface area contributed by atoms with E-state index in [1.165, 1.54) is 4.68 Å². The number of tetrazole rings is 1. The molecule has 3 rings (SSSR count). The lowest BCUT2D eigenvalue weighted by atomic mass is 10.2. The van der Waals surface area contributed by atoms with Gasteiger partial charge in [-0.2, -0.15) is 0 Å². The maximum absolute atomic E-state index is 12.4. The molecule has 2 heterocycles. The monoisotopic (exact) mass is 327 g/mol. The molecule has 0 saturated heterocycles. The fourth-order valence-corrected chi connectivity index (χ4v) is 2.14. The van der Waals surface area contributed by atoms with Gasteiger partial charge in [0.05, 0.1) is 12.1 Å². The fourth-order valence-electron chi connectivity index (χ4n) is 2.14. The number of rotatable bonds is 6. The second-order valence-corrected chi connectivity index (χ2v) is 5.20. The molecule has 0 bridgehead atoms. The highest BCUT2D eigenvalue weighted by Gasteiger charge is 2.13. The fraction of sp³-hybridized carbons (Fsp3) is 0.250. The van der Waals surface area contributed by atoms with Gasteiger partial charge in [0.2, 0.25) is 0 Å². The average molecular weight is 327 g/mol. The summed E-state index contributed by atoms with van der Waals surface area (Å²) in [5.41, 5.74) is 0.441. The van der Waals surface area contributed by atoms with E-state index in [2.05, 4.69) is 20.8 Å². The zero-order chi connectivity index (χ0) is 16.9. The molecule has 0 saturated carbocycles. The van der Waals surface area contributed by atoms with Crippen LogP contribution in [0.25, 0.3) is 0 Å². The molecular weight excluding hydrogens is 310 g/mol. The van der Waals surface area contributed by atoms with Crippen LogP contribution in [0.5, 0.6) is 5.75 Å². The van der Waals surface area contributed by atoms with Gasteiger partial charge in [-0.25, -0.2) is 4.68 Å². The smallest absolute Gasteiger partial charge is 0.255 e. The van der Waals surface area contributed by atoms with Gasteiger partial charge in [0.15, 0.2) is 5.82 Å². The maximum Gasteiger partial charge on any atom is 0.255 e. The number of furan rings is 1. The number of ether oxygens (including phenoxy) is 1. The van der Waals surface area contributed by atoms with Crippen molar-refractivity contribution in [3.63, 3.8) is 0 Å². The van der Waals surface area contributed by atoms with Gasteiger partial charge in [0.25, 0.3) is 5.91 Å². The standard InChI is InChI=1S/C16H17N5O3/c1-11-7-8-12(24-11)9-17-16(22)13-5-3-4-6-14(13)23-10-15-18-19-20-21(15)2/h3-8H,9-10H2,1-2H3,(H,17,22). The minimum atomic E-state index is -0.240. The Morgan fingerprint density at radius 2 is 2.12 bits per heavy atom. The maximum atomic E-state index is 12.4. The van der Waals surface area contributed by atoms with Crippen molar-refractivity contribution >= 4 is 5.91 Å². The topological polar surface area (TPSA) is 95.1 Å². The Labute approximate surface area is 138 Å². The SMILES string of the molecule is Cc1ccc(CNC(=O)c2ccccc2OCc2nnnn2C)o1. The number of benzene rings is 1. The van der Waals surface area contributed by atoms with E-state index < -0.39 is 0 Å². The van der Waals surface area contributed by atoms with Crippen LogP contribution in [0.1, 0.15) is 27.7 Å². The van der Waals surface area contributed by atoms with Gasteiger partial charge >= 0.3 is 0 Å². The van der Waals surface area contributed by atoms with E-state index in [0.29, 0.717) is 29.4 Å². The third-order valence-corrected chi connectivity index (χ3v) is 3.42. The number of aromatic nitrogens is 4. The van der Waals surface area contributed by atoms with Crippen LogP contribution in [0.4, 0.5) is 0 Å². The molecule has 8 nitrogen and oxygen atoms in total. The van der Waals surface area contributed by atoms with Gasteiger partial charge in [0, 0.05) is 7.05 Å². The Bertz CT molecular complexity index is 840. The number of nitrogens with zero attached hydrogens (tertiary/aromatic N) is 4. The Morgan fingerprint density at radius 3 is 2.83 bits per heavy atom. The largest absolute Gasteiger partial charge is 0.485 e. The molecule has 124 valence electrons. The molecule has 24 heavy (non-hydrogen) atoms. The summed E-state index contributed by atoms with van der Waals surface area (Å²) in [6, 6.07) is 10.7. The number of carbonyl (C=O) groups is 1. The molecule has 0 aliphatic heterocycles. The van der Waals surface area contributed by atoms with Gasteiger partial charge < -0.3 is 14.5 Å². The van der Waals surface area contributed by atoms with E-state index in [1.807, 2.05) is 19.1 Å². The quantitative estimate of drug-likeness (QED) is 0.739. The van der Waals surface area contributed by atoms with E-state index in [0.717, 1.165) is 5.76 Å². The molecule has 0 aliphatic carbocycles. The van der Waals surface area contributed by atoms with E-state index in [-0.39, 0.29) is 12.5 Å². The zero-order valence-electron chi connectivity index (χ0n) is 13.4. The van der Waals surface area contributed by atoms with Crippen LogP contribution < -0.4 is 10.1 Å². The van der Waals surface area contributed by atoms with Crippen LogP contribution in [0.15, 0.2) is 40.8 Å². The molecule has 0 atom stereocenters. The van der Waals surface area contributed by atoms with Crippen LogP contribution in [0, 0.1) is 6.92 Å². The molecular formula is C16H17N5O3. The van der Waals surface area contributed by atoms with Crippen LogP contribution in [0.2, 0.25) is 0 Å². The predicted octanol–water partition coefficient (Wildman–Crippen LogP) is 1.62. The first-order valence-electron chi connectivity index (χ1n) is 7.40. The van der Waals surface area contributed by atoms with Gasteiger partial charge in [-0.1, -0.05) is 12.1 Å². The first-order chi connectivity index (χ1) is 11.6. The molecule has 2 aromatic heterocycles. The molecule has 8 heteroatoms. The number of para-hydroxylation sites is 1. The van der Waals surface area contributed by atoms with Crippen LogP contribution in [-0.2, 0) is 20.2 Å². The van der Waals surface area contributed by atoms with Crippen molar-refractivity contribution in [3.05, 3.63) is 59.3 Å². The van der Waals surface area contributed by atoms with Crippen molar-refractivity contribution in [2.75, 3.05) is 0 Å². The average Bonchev–Trinajstić information content (AvgIpc) is 3.19. The molecule has 0 unspecified atom stereocenters. The summed E-state index contributed by atoms with van der Waals surface area (Å²) in [7, 11) is 1.72. The van der Waals surface area contributed by atoms with E-state index in [4.69, 9.17) is 9.15 Å². The summed E-state index contributed by atoms with van der Waals surface area (Å²) >= 11 is 0. The van der Waals surface area contributed by atoms with Gasteiger partial charge in [-0.3, -0.25) is 4.79 Å². The van der Waals surface area contributed by atoms with E-state index >= 15 is 0 Å². The number of hydrogen-bond donors (Lipinski definition) is 1. The van der Waals surface area contributed by atoms with Gasteiger partial charge in [-0.05, 0) is 41.6 Å². The third-order valence-electron chi connectivity index (χ3n) is 3.42.